The highest BCUT2D eigenvalue weighted by molar-refractivity contribution is 5.51. The van der Waals surface area contributed by atoms with Gasteiger partial charge in [-0.15, -0.1) is 0 Å². The van der Waals surface area contributed by atoms with Gasteiger partial charge >= 0.3 is 0 Å². The molecule has 1 aromatic carbocycles. The van der Waals surface area contributed by atoms with E-state index in [9.17, 15) is 0 Å². The summed E-state index contributed by atoms with van der Waals surface area (Å²) in [6.45, 7) is 9.20. The Balaban J connectivity index is 0.000000980. The Morgan fingerprint density at radius 2 is 1.93 bits per heavy atom. The van der Waals surface area contributed by atoms with Crippen molar-refractivity contribution in [1.29, 1.82) is 0 Å². The Hall–Kier alpha value is -0.0900. The molecular formula is C12H18IN. The molecule has 0 fully saturated rings. The van der Waals surface area contributed by atoms with E-state index in [1.165, 1.54) is 11.3 Å². The molecule has 1 heterocycles. The molecule has 2 N–H and O–H groups in total. The Labute approximate surface area is 103 Å². The second-order valence-electron chi connectivity index (χ2n) is 4.72. The van der Waals surface area contributed by atoms with Crippen molar-refractivity contribution >= 4 is 5.69 Å². The number of rotatable bonds is 0. The number of aryl methyl sites for hydroxylation is 1. The van der Waals surface area contributed by atoms with Crippen molar-refractivity contribution in [3.8, 4) is 0 Å². The van der Waals surface area contributed by atoms with Gasteiger partial charge in [0.25, 0.3) is 0 Å². The molecule has 1 aromatic rings. The second kappa shape index (κ2) is 3.81. The number of hydrogen-bond donors (Lipinski definition) is 1. The number of benzene rings is 1. The van der Waals surface area contributed by atoms with Crippen LogP contribution in [0.25, 0.3) is 0 Å². The normalized spacial score (nSPS) is 22.7. The third kappa shape index (κ3) is 1.58. The molecule has 0 saturated heterocycles. The molecule has 1 nitrogen and oxygen atoms in total. The van der Waals surface area contributed by atoms with Crippen LogP contribution >= 0.6 is 0 Å². The molecule has 0 bridgehead atoms. The molecule has 2 rings (SSSR count). The quantitative estimate of drug-likeness (QED) is 0.462. The van der Waals surface area contributed by atoms with Crippen molar-refractivity contribution in [3.05, 3.63) is 29.3 Å². The van der Waals surface area contributed by atoms with Gasteiger partial charge in [-0.2, -0.15) is 0 Å². The van der Waals surface area contributed by atoms with E-state index < -0.39 is 0 Å². The summed E-state index contributed by atoms with van der Waals surface area (Å²) in [7, 11) is 0. The van der Waals surface area contributed by atoms with E-state index in [1.54, 1.807) is 5.56 Å². The minimum Gasteiger partial charge on any atom is -1.00 e. The van der Waals surface area contributed by atoms with Crippen LogP contribution in [0.3, 0.4) is 0 Å². The average molecular weight is 303 g/mol. The predicted octanol–water partition coefficient (Wildman–Crippen LogP) is -1.13. The molecular weight excluding hydrogens is 285 g/mol. The van der Waals surface area contributed by atoms with Crippen LogP contribution in [-0.4, -0.2) is 6.04 Å². The standard InChI is InChI=1S/C12H17N.HI/c1-8-6-5-7-10-11(8)12(3,4)9(2)13-10;/h5-7,9,13H,1-4H3;1H. The zero-order chi connectivity index (χ0) is 9.64. The van der Waals surface area contributed by atoms with Gasteiger partial charge in [0, 0.05) is 11.0 Å². The van der Waals surface area contributed by atoms with Crippen LogP contribution in [0, 0.1) is 6.92 Å². The summed E-state index contributed by atoms with van der Waals surface area (Å²) >= 11 is 0. The fourth-order valence-electron chi connectivity index (χ4n) is 2.41. The Morgan fingerprint density at radius 3 is 2.50 bits per heavy atom. The van der Waals surface area contributed by atoms with Gasteiger partial charge in [-0.1, -0.05) is 12.1 Å². The van der Waals surface area contributed by atoms with Gasteiger partial charge in [-0.3, -0.25) is 0 Å². The topological polar surface area (TPSA) is 16.6 Å². The van der Waals surface area contributed by atoms with Gasteiger partial charge in [0.05, 0.1) is 6.04 Å². The molecule has 0 aromatic heterocycles. The third-order valence-corrected chi connectivity index (χ3v) is 3.52. The first-order chi connectivity index (χ1) is 6.03. The SMILES string of the molecule is Cc1cccc2c1C(C)(C)C(C)[NH2+]2.[I-]. The maximum atomic E-state index is 2.39. The number of nitrogens with two attached hydrogens (primary N) is 1. The van der Waals surface area contributed by atoms with Gasteiger partial charge in [-0.25, -0.2) is 0 Å². The van der Waals surface area contributed by atoms with E-state index in [4.69, 9.17) is 0 Å². The molecule has 1 aliphatic rings. The maximum Gasteiger partial charge on any atom is 0.134 e. The molecule has 1 atom stereocenters. The molecule has 2 heteroatoms. The van der Waals surface area contributed by atoms with Crippen LogP contribution in [0.15, 0.2) is 18.2 Å². The lowest BCUT2D eigenvalue weighted by molar-refractivity contribution is -0.604. The van der Waals surface area contributed by atoms with Crippen LogP contribution in [-0.2, 0) is 5.41 Å². The minimum atomic E-state index is 0. The van der Waals surface area contributed by atoms with Crippen molar-refractivity contribution in [3.63, 3.8) is 0 Å². The van der Waals surface area contributed by atoms with Gasteiger partial charge in [0.1, 0.15) is 5.69 Å². The summed E-state index contributed by atoms with van der Waals surface area (Å²) < 4.78 is 0. The number of hydrogen-bond acceptors (Lipinski definition) is 0. The Morgan fingerprint density at radius 1 is 1.29 bits per heavy atom. The molecule has 0 spiro atoms. The highest BCUT2D eigenvalue weighted by Gasteiger charge is 2.41. The maximum absolute atomic E-state index is 2.39. The molecule has 0 saturated carbocycles. The van der Waals surface area contributed by atoms with Crippen LogP contribution in [0.2, 0.25) is 0 Å². The van der Waals surface area contributed by atoms with Crippen molar-refractivity contribution in [2.24, 2.45) is 0 Å². The van der Waals surface area contributed by atoms with Crippen LogP contribution < -0.4 is 29.3 Å². The summed E-state index contributed by atoms with van der Waals surface area (Å²) in [6.07, 6.45) is 0. The van der Waals surface area contributed by atoms with Crippen molar-refractivity contribution < 1.29 is 29.3 Å². The second-order valence-corrected chi connectivity index (χ2v) is 4.72. The van der Waals surface area contributed by atoms with Crippen molar-refractivity contribution in [2.45, 2.75) is 39.2 Å². The van der Waals surface area contributed by atoms with E-state index in [1.807, 2.05) is 0 Å². The Bertz CT molecular complexity index is 344. The Kier molecular flexibility index (Phi) is 3.26. The predicted molar refractivity (Wildman–Crippen MR) is 55.3 cm³/mol. The zero-order valence-electron chi connectivity index (χ0n) is 9.26. The zero-order valence-corrected chi connectivity index (χ0v) is 11.4. The van der Waals surface area contributed by atoms with E-state index >= 15 is 0 Å². The summed E-state index contributed by atoms with van der Waals surface area (Å²) in [5.41, 5.74) is 4.74. The largest absolute Gasteiger partial charge is 1.00 e. The molecule has 1 unspecified atom stereocenters. The summed E-state index contributed by atoms with van der Waals surface area (Å²) in [6, 6.07) is 7.25. The lowest BCUT2D eigenvalue weighted by Crippen LogP contribution is -3.00. The van der Waals surface area contributed by atoms with E-state index in [2.05, 4.69) is 51.2 Å². The monoisotopic (exact) mass is 303 g/mol. The van der Waals surface area contributed by atoms with E-state index in [0.717, 1.165) is 0 Å². The first-order valence-electron chi connectivity index (χ1n) is 4.98. The van der Waals surface area contributed by atoms with Crippen molar-refractivity contribution in [1.82, 2.24) is 0 Å². The number of quaternary nitrogens is 1. The molecule has 78 valence electrons. The number of halogens is 1. The highest BCUT2D eigenvalue weighted by Crippen LogP contribution is 2.36. The lowest BCUT2D eigenvalue weighted by atomic mass is 9.79. The van der Waals surface area contributed by atoms with Gasteiger partial charge < -0.3 is 29.3 Å². The van der Waals surface area contributed by atoms with Crippen LogP contribution in [0.1, 0.15) is 31.9 Å². The third-order valence-electron chi connectivity index (χ3n) is 3.52. The smallest absolute Gasteiger partial charge is 0.134 e. The summed E-state index contributed by atoms with van der Waals surface area (Å²) in [5.74, 6) is 0. The molecule has 0 amide bonds. The van der Waals surface area contributed by atoms with Gasteiger partial charge in [-0.05, 0) is 39.3 Å². The summed E-state index contributed by atoms with van der Waals surface area (Å²) in [5, 5.41) is 2.39. The molecule has 14 heavy (non-hydrogen) atoms. The summed E-state index contributed by atoms with van der Waals surface area (Å²) in [4.78, 5) is 0. The van der Waals surface area contributed by atoms with Crippen LogP contribution in [0.4, 0.5) is 5.69 Å². The molecule has 0 radical (unpaired) electrons. The lowest BCUT2D eigenvalue weighted by Gasteiger charge is -2.21. The average Bonchev–Trinajstić information content (AvgIpc) is 2.24. The van der Waals surface area contributed by atoms with Gasteiger partial charge in [0.2, 0.25) is 0 Å². The van der Waals surface area contributed by atoms with E-state index in [0.29, 0.717) is 11.5 Å². The first kappa shape index (κ1) is 12.0. The van der Waals surface area contributed by atoms with Crippen molar-refractivity contribution in [2.75, 3.05) is 0 Å². The number of fused-ring (bicyclic) bond motifs is 1. The fraction of sp³-hybridized carbons (Fsp3) is 0.500. The van der Waals surface area contributed by atoms with Crippen LogP contribution in [0.5, 0.6) is 0 Å². The van der Waals surface area contributed by atoms with E-state index in [-0.39, 0.29) is 24.0 Å². The molecule has 1 aliphatic heterocycles. The molecule has 0 aliphatic carbocycles. The fourth-order valence-corrected chi connectivity index (χ4v) is 2.41. The van der Waals surface area contributed by atoms with Gasteiger partial charge in [0.15, 0.2) is 0 Å². The first-order valence-corrected chi connectivity index (χ1v) is 4.98. The minimum absolute atomic E-state index is 0. The highest BCUT2D eigenvalue weighted by atomic mass is 127.